The monoisotopic (exact) mass is 253 g/mol. The van der Waals surface area contributed by atoms with Gasteiger partial charge in [-0.15, -0.1) is 5.10 Å². The van der Waals surface area contributed by atoms with Gasteiger partial charge in [0.2, 0.25) is 17.7 Å². The van der Waals surface area contributed by atoms with Crippen LogP contribution in [-0.4, -0.2) is 41.1 Å². The fourth-order valence-corrected chi connectivity index (χ4v) is 1.86. The Balaban J connectivity index is 2.22. The molecule has 18 heavy (non-hydrogen) atoms. The van der Waals surface area contributed by atoms with E-state index in [1.807, 2.05) is 6.92 Å². The second-order valence-corrected chi connectivity index (χ2v) is 3.98. The summed E-state index contributed by atoms with van der Waals surface area (Å²) in [5.41, 5.74) is 5.39. The third-order valence-electron chi connectivity index (χ3n) is 2.70. The van der Waals surface area contributed by atoms with Gasteiger partial charge in [0.25, 0.3) is 0 Å². The predicted molar refractivity (Wildman–Crippen MR) is 61.6 cm³/mol. The SMILES string of the molecule is CCC1C(=O)NC(=O)CN1c1nnc(CCN)o1. The molecule has 2 amide bonds. The van der Waals surface area contributed by atoms with Crippen LogP contribution >= 0.6 is 0 Å². The zero-order valence-electron chi connectivity index (χ0n) is 10.0. The molecule has 2 heterocycles. The maximum atomic E-state index is 11.7. The first-order chi connectivity index (χ1) is 8.65. The molecule has 1 aromatic heterocycles. The molecule has 1 unspecified atom stereocenters. The van der Waals surface area contributed by atoms with Crippen molar-refractivity contribution in [2.24, 2.45) is 5.73 Å². The fraction of sp³-hybridized carbons (Fsp3) is 0.600. The number of rotatable bonds is 4. The van der Waals surface area contributed by atoms with E-state index in [4.69, 9.17) is 10.2 Å². The van der Waals surface area contributed by atoms with Crippen LogP contribution in [0, 0.1) is 0 Å². The van der Waals surface area contributed by atoms with E-state index in [0.717, 1.165) is 0 Å². The zero-order valence-corrected chi connectivity index (χ0v) is 10.0. The van der Waals surface area contributed by atoms with E-state index in [1.165, 1.54) is 4.90 Å². The van der Waals surface area contributed by atoms with Gasteiger partial charge in [0.05, 0.1) is 0 Å². The van der Waals surface area contributed by atoms with E-state index in [-0.39, 0.29) is 24.4 Å². The summed E-state index contributed by atoms with van der Waals surface area (Å²) in [5.74, 6) is -0.309. The van der Waals surface area contributed by atoms with Crippen LogP contribution in [0.15, 0.2) is 4.42 Å². The van der Waals surface area contributed by atoms with Crippen LogP contribution in [0.3, 0.4) is 0 Å². The molecule has 1 aliphatic heterocycles. The van der Waals surface area contributed by atoms with E-state index < -0.39 is 6.04 Å². The maximum absolute atomic E-state index is 11.7. The summed E-state index contributed by atoms with van der Waals surface area (Å²) in [7, 11) is 0. The molecule has 8 nitrogen and oxygen atoms in total. The van der Waals surface area contributed by atoms with Gasteiger partial charge < -0.3 is 15.1 Å². The van der Waals surface area contributed by atoms with E-state index in [1.54, 1.807) is 0 Å². The summed E-state index contributed by atoms with van der Waals surface area (Å²) >= 11 is 0. The van der Waals surface area contributed by atoms with Crippen molar-refractivity contribution in [2.45, 2.75) is 25.8 Å². The van der Waals surface area contributed by atoms with Crippen molar-refractivity contribution >= 4 is 17.8 Å². The first-order valence-electron chi connectivity index (χ1n) is 5.78. The second kappa shape index (κ2) is 5.13. The topological polar surface area (TPSA) is 114 Å². The van der Waals surface area contributed by atoms with Gasteiger partial charge in [-0.25, -0.2) is 0 Å². The maximum Gasteiger partial charge on any atom is 0.319 e. The third kappa shape index (κ3) is 2.33. The third-order valence-corrected chi connectivity index (χ3v) is 2.70. The first kappa shape index (κ1) is 12.5. The molecule has 0 spiro atoms. The van der Waals surface area contributed by atoms with Crippen LogP contribution in [-0.2, 0) is 16.0 Å². The molecule has 0 aromatic carbocycles. The number of imide groups is 1. The number of piperazine rings is 1. The normalized spacial score (nSPS) is 20.1. The van der Waals surface area contributed by atoms with Crippen LogP contribution in [0.25, 0.3) is 0 Å². The summed E-state index contributed by atoms with van der Waals surface area (Å²) < 4.78 is 5.38. The number of carbonyl (C=O) groups excluding carboxylic acids is 2. The molecule has 98 valence electrons. The first-order valence-corrected chi connectivity index (χ1v) is 5.78. The van der Waals surface area contributed by atoms with E-state index in [9.17, 15) is 9.59 Å². The van der Waals surface area contributed by atoms with Gasteiger partial charge in [0.1, 0.15) is 12.6 Å². The minimum Gasteiger partial charge on any atom is -0.408 e. The van der Waals surface area contributed by atoms with Crippen molar-refractivity contribution in [3.05, 3.63) is 5.89 Å². The summed E-state index contributed by atoms with van der Waals surface area (Å²) in [6.45, 7) is 2.29. The van der Waals surface area contributed by atoms with Gasteiger partial charge in [0, 0.05) is 13.0 Å². The summed E-state index contributed by atoms with van der Waals surface area (Å²) in [6, 6.07) is -0.276. The highest BCUT2D eigenvalue weighted by atomic mass is 16.4. The molecule has 1 aromatic rings. The van der Waals surface area contributed by atoms with E-state index in [0.29, 0.717) is 25.3 Å². The number of nitrogens with two attached hydrogens (primary N) is 1. The standard InChI is InChI=1S/C10H15N5O3/c1-2-6-9(17)12-7(16)5-15(6)10-14-13-8(18-10)3-4-11/h6H,2-5,11H2,1H3,(H,12,16,17). The molecule has 0 bridgehead atoms. The lowest BCUT2D eigenvalue weighted by atomic mass is 10.1. The summed E-state index contributed by atoms with van der Waals surface area (Å²) in [5, 5.41) is 9.95. The highest BCUT2D eigenvalue weighted by molar-refractivity contribution is 6.04. The van der Waals surface area contributed by atoms with E-state index in [2.05, 4.69) is 15.5 Å². The molecule has 0 aliphatic carbocycles. The predicted octanol–water partition coefficient (Wildman–Crippen LogP) is -1.19. The minimum atomic E-state index is -0.464. The number of anilines is 1. The molecule has 2 rings (SSSR count). The van der Waals surface area contributed by atoms with Gasteiger partial charge >= 0.3 is 6.01 Å². The van der Waals surface area contributed by atoms with Crippen molar-refractivity contribution in [1.29, 1.82) is 0 Å². The van der Waals surface area contributed by atoms with Crippen LogP contribution in [0.1, 0.15) is 19.2 Å². The number of hydrogen-bond acceptors (Lipinski definition) is 7. The molecule has 0 saturated carbocycles. The number of nitrogens with zero attached hydrogens (tertiary/aromatic N) is 3. The Labute approximate surface area is 104 Å². The Kier molecular flexibility index (Phi) is 3.56. The van der Waals surface area contributed by atoms with Crippen LogP contribution in [0.2, 0.25) is 0 Å². The summed E-state index contributed by atoms with van der Waals surface area (Å²) in [4.78, 5) is 24.6. The van der Waals surface area contributed by atoms with Gasteiger partial charge in [-0.1, -0.05) is 12.0 Å². The van der Waals surface area contributed by atoms with E-state index >= 15 is 0 Å². The smallest absolute Gasteiger partial charge is 0.319 e. The Morgan fingerprint density at radius 3 is 2.94 bits per heavy atom. The average Bonchev–Trinajstić information content (AvgIpc) is 2.77. The molecular weight excluding hydrogens is 238 g/mol. The number of nitrogens with one attached hydrogen (secondary N) is 1. The van der Waals surface area contributed by atoms with Gasteiger partial charge in [-0.3, -0.25) is 14.9 Å². The number of hydrogen-bond donors (Lipinski definition) is 2. The molecule has 0 radical (unpaired) electrons. The largest absolute Gasteiger partial charge is 0.408 e. The van der Waals surface area contributed by atoms with Crippen molar-refractivity contribution in [3.8, 4) is 0 Å². The molecule has 1 atom stereocenters. The van der Waals surface area contributed by atoms with Gasteiger partial charge in [-0.05, 0) is 6.42 Å². The molecule has 8 heteroatoms. The Morgan fingerprint density at radius 2 is 2.28 bits per heavy atom. The Morgan fingerprint density at radius 1 is 1.50 bits per heavy atom. The highest BCUT2D eigenvalue weighted by Gasteiger charge is 2.35. The molecular formula is C10H15N5O3. The van der Waals surface area contributed by atoms with Crippen molar-refractivity contribution in [3.63, 3.8) is 0 Å². The van der Waals surface area contributed by atoms with Gasteiger partial charge in [-0.2, -0.15) is 0 Å². The molecule has 1 saturated heterocycles. The zero-order chi connectivity index (χ0) is 13.1. The minimum absolute atomic E-state index is 0.0362. The lowest BCUT2D eigenvalue weighted by Gasteiger charge is -2.31. The molecule has 3 N–H and O–H groups in total. The van der Waals surface area contributed by atoms with Crippen molar-refractivity contribution in [1.82, 2.24) is 15.5 Å². The second-order valence-electron chi connectivity index (χ2n) is 3.98. The lowest BCUT2D eigenvalue weighted by molar-refractivity contribution is -0.133. The van der Waals surface area contributed by atoms with Gasteiger partial charge in [0.15, 0.2) is 0 Å². The molecule has 1 fully saturated rings. The Hall–Kier alpha value is -1.96. The summed E-state index contributed by atoms with van der Waals surface area (Å²) in [6.07, 6.45) is 1.02. The number of carbonyl (C=O) groups is 2. The lowest BCUT2D eigenvalue weighted by Crippen LogP contribution is -2.58. The van der Waals surface area contributed by atoms with Crippen LogP contribution in [0.5, 0.6) is 0 Å². The Bertz CT molecular complexity index is 458. The molecule has 1 aliphatic rings. The highest BCUT2D eigenvalue weighted by Crippen LogP contribution is 2.19. The van der Waals surface area contributed by atoms with Crippen LogP contribution in [0.4, 0.5) is 6.01 Å². The van der Waals surface area contributed by atoms with Crippen molar-refractivity contribution < 1.29 is 14.0 Å². The number of amides is 2. The quantitative estimate of drug-likeness (QED) is 0.648. The van der Waals surface area contributed by atoms with Crippen LogP contribution < -0.4 is 16.0 Å². The number of aromatic nitrogens is 2. The average molecular weight is 253 g/mol. The fourth-order valence-electron chi connectivity index (χ4n) is 1.86. The van der Waals surface area contributed by atoms with Crippen molar-refractivity contribution in [2.75, 3.05) is 18.0 Å².